The van der Waals surface area contributed by atoms with Gasteiger partial charge < -0.3 is 15.8 Å². The number of aromatic nitrogens is 1. The van der Waals surface area contributed by atoms with Crippen molar-refractivity contribution in [2.75, 3.05) is 18.5 Å². The van der Waals surface area contributed by atoms with Crippen LogP contribution >= 0.6 is 11.6 Å². The van der Waals surface area contributed by atoms with Gasteiger partial charge in [0.15, 0.2) is 0 Å². The van der Waals surface area contributed by atoms with E-state index in [0.29, 0.717) is 35.7 Å². The molecule has 1 heterocycles. The number of anilines is 1. The van der Waals surface area contributed by atoms with Crippen LogP contribution in [0, 0.1) is 0 Å². The molecule has 3 N–H and O–H groups in total. The van der Waals surface area contributed by atoms with Crippen LogP contribution in [0.4, 0.5) is 5.82 Å². The highest BCUT2D eigenvalue weighted by Gasteiger charge is 2.12. The highest BCUT2D eigenvalue weighted by atomic mass is 35.5. The third-order valence-electron chi connectivity index (χ3n) is 3.68. The van der Waals surface area contributed by atoms with Gasteiger partial charge in [-0.05, 0) is 18.9 Å². The van der Waals surface area contributed by atoms with E-state index in [2.05, 4.69) is 10.3 Å². The zero-order chi connectivity index (χ0) is 15.1. The summed E-state index contributed by atoms with van der Waals surface area (Å²) in [5, 5.41) is 3.50. The number of carbonyl (C=O) groups excluding carboxylic acids is 1. The van der Waals surface area contributed by atoms with Crippen molar-refractivity contribution in [1.29, 1.82) is 0 Å². The molecule has 0 unspecified atom stereocenters. The van der Waals surface area contributed by atoms with E-state index in [-0.39, 0.29) is 0 Å². The van der Waals surface area contributed by atoms with Gasteiger partial charge in [-0.1, -0.05) is 37.3 Å². The lowest BCUT2D eigenvalue weighted by atomic mass is 10.1. The van der Waals surface area contributed by atoms with E-state index in [9.17, 15) is 4.79 Å². The summed E-state index contributed by atoms with van der Waals surface area (Å²) in [5.74, 6) is 0.0128. The number of carbonyl (C=O) groups is 1. The molecule has 1 aliphatic carbocycles. The largest absolute Gasteiger partial charge is 0.376 e. The van der Waals surface area contributed by atoms with Gasteiger partial charge in [-0.3, -0.25) is 4.79 Å². The van der Waals surface area contributed by atoms with Crippen molar-refractivity contribution in [2.24, 2.45) is 5.73 Å². The summed E-state index contributed by atoms with van der Waals surface area (Å²) in [7, 11) is 0. The van der Waals surface area contributed by atoms with Crippen LogP contribution < -0.4 is 11.1 Å². The Morgan fingerprint density at radius 1 is 1.38 bits per heavy atom. The van der Waals surface area contributed by atoms with Gasteiger partial charge in [0, 0.05) is 12.7 Å². The number of amides is 1. The van der Waals surface area contributed by atoms with Gasteiger partial charge >= 0.3 is 0 Å². The van der Waals surface area contributed by atoms with Crippen LogP contribution in [-0.2, 0) is 4.74 Å². The first-order valence-electron chi connectivity index (χ1n) is 7.47. The minimum Gasteiger partial charge on any atom is -0.376 e. The van der Waals surface area contributed by atoms with E-state index >= 15 is 0 Å². The Morgan fingerprint density at radius 3 is 2.71 bits per heavy atom. The van der Waals surface area contributed by atoms with E-state index in [1.54, 1.807) is 0 Å². The Bertz CT molecular complexity index is 474. The van der Waals surface area contributed by atoms with E-state index in [1.165, 1.54) is 37.9 Å². The number of primary amides is 1. The van der Waals surface area contributed by atoms with Crippen LogP contribution in [0.5, 0.6) is 0 Å². The van der Waals surface area contributed by atoms with E-state index < -0.39 is 5.91 Å². The Morgan fingerprint density at radius 2 is 2.10 bits per heavy atom. The number of nitrogens with two attached hydrogens (primary N) is 1. The van der Waals surface area contributed by atoms with E-state index in [0.717, 1.165) is 12.8 Å². The second-order valence-corrected chi connectivity index (χ2v) is 5.74. The maximum atomic E-state index is 11.0. The van der Waals surface area contributed by atoms with Crippen molar-refractivity contribution in [3.8, 4) is 0 Å². The third-order valence-corrected chi connectivity index (χ3v) is 3.96. The maximum Gasteiger partial charge on any atom is 0.250 e. The van der Waals surface area contributed by atoms with E-state index in [1.807, 2.05) is 0 Å². The first-order chi connectivity index (χ1) is 10.2. The van der Waals surface area contributed by atoms with Gasteiger partial charge in [-0.2, -0.15) is 0 Å². The average Bonchev–Trinajstić information content (AvgIpc) is 2.73. The summed E-state index contributed by atoms with van der Waals surface area (Å²) >= 11 is 6.05. The Balaban J connectivity index is 1.74. The van der Waals surface area contributed by atoms with Crippen molar-refractivity contribution < 1.29 is 9.53 Å². The first kappa shape index (κ1) is 16.0. The van der Waals surface area contributed by atoms with Gasteiger partial charge in [0.05, 0.1) is 23.3 Å². The average molecular weight is 312 g/mol. The normalized spacial score (nSPS) is 16.4. The number of rotatable bonds is 6. The predicted octanol–water partition coefficient (Wildman–Crippen LogP) is 2.99. The SMILES string of the molecule is NC(=O)c1cnc(NCCOC2CCCCCC2)c(Cl)c1. The van der Waals surface area contributed by atoms with Gasteiger partial charge in [0.25, 0.3) is 0 Å². The molecule has 0 saturated heterocycles. The molecule has 0 radical (unpaired) electrons. The lowest BCUT2D eigenvalue weighted by Crippen LogP contribution is -2.18. The zero-order valence-corrected chi connectivity index (χ0v) is 12.9. The number of ether oxygens (including phenoxy) is 1. The van der Waals surface area contributed by atoms with Crippen LogP contribution in [0.1, 0.15) is 48.9 Å². The number of nitrogens with one attached hydrogen (secondary N) is 1. The fraction of sp³-hybridized carbons (Fsp3) is 0.600. The maximum absolute atomic E-state index is 11.0. The molecule has 2 rings (SSSR count). The number of nitrogens with zero attached hydrogens (tertiary/aromatic N) is 1. The molecular weight excluding hydrogens is 290 g/mol. The molecule has 5 nitrogen and oxygen atoms in total. The topological polar surface area (TPSA) is 77.2 Å². The molecule has 6 heteroatoms. The number of hydrogen-bond donors (Lipinski definition) is 2. The Hall–Kier alpha value is -1.33. The van der Waals surface area contributed by atoms with Crippen LogP contribution in [0.25, 0.3) is 0 Å². The van der Waals surface area contributed by atoms with E-state index in [4.69, 9.17) is 22.1 Å². The molecule has 116 valence electrons. The number of halogens is 1. The molecule has 0 bridgehead atoms. The standard InChI is InChI=1S/C15H22ClN3O2/c16-13-9-11(14(17)20)10-19-15(13)18-7-8-21-12-5-3-1-2-4-6-12/h9-10,12H,1-8H2,(H2,17,20)(H,18,19). The summed E-state index contributed by atoms with van der Waals surface area (Å²) in [5.41, 5.74) is 5.48. The minimum absolute atomic E-state index is 0.306. The molecule has 0 aromatic carbocycles. The van der Waals surface area contributed by atoms with Gasteiger partial charge in [0.1, 0.15) is 5.82 Å². The zero-order valence-electron chi connectivity index (χ0n) is 12.1. The minimum atomic E-state index is -0.535. The summed E-state index contributed by atoms with van der Waals surface area (Å²) in [6.07, 6.45) is 9.30. The van der Waals surface area contributed by atoms with Crippen molar-refractivity contribution in [2.45, 2.75) is 44.6 Å². The second kappa shape index (κ2) is 8.20. The fourth-order valence-corrected chi connectivity index (χ4v) is 2.74. The Kier molecular flexibility index (Phi) is 6.26. The van der Waals surface area contributed by atoms with Gasteiger partial charge in [0.2, 0.25) is 5.91 Å². The van der Waals surface area contributed by atoms with Crippen molar-refractivity contribution in [3.05, 3.63) is 22.8 Å². The van der Waals surface area contributed by atoms with Crippen LogP contribution in [0.2, 0.25) is 5.02 Å². The molecule has 1 amide bonds. The molecule has 0 atom stereocenters. The number of hydrogen-bond acceptors (Lipinski definition) is 4. The van der Waals surface area contributed by atoms with Crippen molar-refractivity contribution in [1.82, 2.24) is 4.98 Å². The summed E-state index contributed by atoms with van der Waals surface area (Å²) in [4.78, 5) is 15.1. The quantitative estimate of drug-likeness (QED) is 0.625. The van der Waals surface area contributed by atoms with Crippen molar-refractivity contribution >= 4 is 23.3 Å². The third kappa shape index (κ3) is 5.17. The summed E-state index contributed by atoms with van der Waals surface area (Å²) < 4.78 is 5.88. The molecule has 0 aliphatic heterocycles. The predicted molar refractivity (Wildman–Crippen MR) is 83.7 cm³/mol. The van der Waals surface area contributed by atoms with Gasteiger partial charge in [-0.15, -0.1) is 0 Å². The fourth-order valence-electron chi connectivity index (χ4n) is 2.51. The number of pyridine rings is 1. The Labute approximate surface area is 130 Å². The van der Waals surface area contributed by atoms with Crippen molar-refractivity contribution in [3.63, 3.8) is 0 Å². The molecule has 1 aromatic rings. The highest BCUT2D eigenvalue weighted by molar-refractivity contribution is 6.33. The summed E-state index contributed by atoms with van der Waals surface area (Å²) in [6.45, 7) is 1.26. The van der Waals surface area contributed by atoms with Crippen LogP contribution in [0.15, 0.2) is 12.3 Å². The second-order valence-electron chi connectivity index (χ2n) is 5.33. The molecule has 21 heavy (non-hydrogen) atoms. The monoisotopic (exact) mass is 311 g/mol. The van der Waals surface area contributed by atoms with Crippen LogP contribution in [0.3, 0.4) is 0 Å². The molecule has 1 fully saturated rings. The molecular formula is C15H22ClN3O2. The van der Waals surface area contributed by atoms with Gasteiger partial charge in [-0.25, -0.2) is 4.98 Å². The summed E-state index contributed by atoms with van der Waals surface area (Å²) in [6, 6.07) is 1.52. The lowest BCUT2D eigenvalue weighted by molar-refractivity contribution is 0.0501. The molecule has 1 aromatic heterocycles. The molecule has 1 aliphatic rings. The highest BCUT2D eigenvalue weighted by Crippen LogP contribution is 2.21. The van der Waals surface area contributed by atoms with Crippen LogP contribution in [-0.4, -0.2) is 30.1 Å². The molecule has 1 saturated carbocycles. The lowest BCUT2D eigenvalue weighted by Gasteiger charge is -2.16. The smallest absolute Gasteiger partial charge is 0.250 e. The first-order valence-corrected chi connectivity index (χ1v) is 7.85. The molecule has 0 spiro atoms.